The van der Waals surface area contributed by atoms with Gasteiger partial charge in [0.05, 0.1) is 24.8 Å². The lowest BCUT2D eigenvalue weighted by Gasteiger charge is -2.08. The molecule has 0 aliphatic rings. The van der Waals surface area contributed by atoms with Gasteiger partial charge in [-0.3, -0.25) is 0 Å². The van der Waals surface area contributed by atoms with Crippen molar-refractivity contribution in [3.8, 4) is 22.8 Å². The largest absolute Gasteiger partial charge is 0.497 e. The summed E-state index contributed by atoms with van der Waals surface area (Å²) in [6.45, 7) is 1.92. The van der Waals surface area contributed by atoms with E-state index in [9.17, 15) is 8.42 Å². The molecule has 136 valence electrons. The number of hydrogen-bond donors (Lipinski definition) is 0. The molecule has 0 unspecified atom stereocenters. The number of nitrogens with zero attached hydrogens (tertiary/aromatic N) is 1. The molecule has 0 bridgehead atoms. The van der Waals surface area contributed by atoms with Crippen molar-refractivity contribution in [2.45, 2.75) is 17.6 Å². The van der Waals surface area contributed by atoms with Gasteiger partial charge in [-0.1, -0.05) is 17.7 Å². The third-order valence-electron chi connectivity index (χ3n) is 3.93. The van der Waals surface area contributed by atoms with Gasteiger partial charge < -0.3 is 9.47 Å². The van der Waals surface area contributed by atoms with E-state index in [0.29, 0.717) is 27.1 Å². The maximum atomic E-state index is 12.6. The molecule has 1 aromatic heterocycles. The Bertz CT molecular complexity index is 1010. The van der Waals surface area contributed by atoms with Crippen molar-refractivity contribution in [3.63, 3.8) is 0 Å². The molecule has 0 fully saturated rings. The fourth-order valence-electron chi connectivity index (χ4n) is 2.50. The van der Waals surface area contributed by atoms with Crippen LogP contribution in [0.5, 0.6) is 11.5 Å². The number of thiazole rings is 1. The lowest BCUT2D eigenvalue weighted by molar-refractivity contribution is 0.395. The van der Waals surface area contributed by atoms with E-state index in [0.717, 1.165) is 11.1 Å². The van der Waals surface area contributed by atoms with Gasteiger partial charge in [0, 0.05) is 17.0 Å². The van der Waals surface area contributed by atoms with E-state index in [1.807, 2.05) is 24.4 Å². The minimum atomic E-state index is -3.43. The van der Waals surface area contributed by atoms with Gasteiger partial charge >= 0.3 is 0 Å². The van der Waals surface area contributed by atoms with Crippen LogP contribution in [0.3, 0.4) is 0 Å². The number of benzene rings is 2. The van der Waals surface area contributed by atoms with E-state index in [2.05, 4.69) is 4.98 Å². The first-order chi connectivity index (χ1) is 12.4. The Kier molecular flexibility index (Phi) is 5.29. The van der Waals surface area contributed by atoms with Crippen molar-refractivity contribution < 1.29 is 17.9 Å². The molecule has 0 radical (unpaired) electrons. The lowest BCUT2D eigenvalue weighted by atomic mass is 10.1. The van der Waals surface area contributed by atoms with Gasteiger partial charge in [-0.25, -0.2) is 13.4 Å². The standard InChI is InChI=1S/C19H19NO4S2/c1-13-4-7-15(8-5-13)26(21,22)12-19-20-17(11-25-19)16-9-6-14(23-2)10-18(16)24-3/h4-11H,12H2,1-3H3. The second kappa shape index (κ2) is 7.47. The molecule has 3 aromatic rings. The Morgan fingerprint density at radius 1 is 1.04 bits per heavy atom. The zero-order chi connectivity index (χ0) is 18.7. The molecule has 7 heteroatoms. The van der Waals surface area contributed by atoms with Gasteiger partial charge in [0.25, 0.3) is 0 Å². The van der Waals surface area contributed by atoms with Gasteiger partial charge in [0.1, 0.15) is 22.3 Å². The number of rotatable bonds is 6. The SMILES string of the molecule is COc1ccc(-c2csc(CS(=O)(=O)c3ccc(C)cc3)n2)c(OC)c1. The number of hydrogen-bond acceptors (Lipinski definition) is 6. The fraction of sp³-hybridized carbons (Fsp3) is 0.211. The molecule has 1 heterocycles. The van der Waals surface area contributed by atoms with Crippen molar-refractivity contribution in [2.24, 2.45) is 0 Å². The average molecular weight is 389 g/mol. The molecular weight excluding hydrogens is 370 g/mol. The Morgan fingerprint density at radius 3 is 2.42 bits per heavy atom. The van der Waals surface area contributed by atoms with E-state index in [4.69, 9.17) is 9.47 Å². The molecule has 0 aliphatic carbocycles. The Balaban J connectivity index is 1.87. The summed E-state index contributed by atoms with van der Waals surface area (Å²) >= 11 is 1.32. The smallest absolute Gasteiger partial charge is 0.184 e. The Morgan fingerprint density at radius 2 is 1.77 bits per heavy atom. The number of ether oxygens (including phenoxy) is 2. The molecule has 0 saturated carbocycles. The molecule has 2 aromatic carbocycles. The van der Waals surface area contributed by atoms with Crippen molar-refractivity contribution >= 4 is 21.2 Å². The monoisotopic (exact) mass is 389 g/mol. The van der Waals surface area contributed by atoms with Gasteiger partial charge in [-0.15, -0.1) is 11.3 Å². The zero-order valence-electron chi connectivity index (χ0n) is 14.7. The van der Waals surface area contributed by atoms with Crippen LogP contribution in [0.4, 0.5) is 0 Å². The van der Waals surface area contributed by atoms with Crippen molar-refractivity contribution in [1.82, 2.24) is 4.98 Å². The summed E-state index contributed by atoms with van der Waals surface area (Å²) in [4.78, 5) is 4.80. The van der Waals surface area contributed by atoms with Crippen LogP contribution in [-0.4, -0.2) is 27.6 Å². The average Bonchev–Trinajstić information content (AvgIpc) is 3.09. The van der Waals surface area contributed by atoms with Crippen LogP contribution in [0.1, 0.15) is 10.6 Å². The molecule has 0 atom stereocenters. The summed E-state index contributed by atoms with van der Waals surface area (Å²) in [5.41, 5.74) is 2.50. The lowest BCUT2D eigenvalue weighted by Crippen LogP contribution is -2.04. The van der Waals surface area contributed by atoms with Crippen LogP contribution in [0.15, 0.2) is 52.7 Å². The third-order valence-corrected chi connectivity index (χ3v) is 6.61. The highest BCUT2D eigenvalue weighted by Crippen LogP contribution is 2.34. The Hall–Kier alpha value is -2.38. The van der Waals surface area contributed by atoms with E-state index < -0.39 is 9.84 Å². The molecule has 0 aliphatic heterocycles. The molecule has 0 amide bonds. The topological polar surface area (TPSA) is 65.5 Å². The summed E-state index contributed by atoms with van der Waals surface area (Å²) in [5, 5.41) is 2.38. The second-order valence-electron chi connectivity index (χ2n) is 5.76. The molecule has 0 spiro atoms. The van der Waals surface area contributed by atoms with E-state index in [-0.39, 0.29) is 5.75 Å². The maximum Gasteiger partial charge on any atom is 0.184 e. The molecule has 26 heavy (non-hydrogen) atoms. The van der Waals surface area contributed by atoms with E-state index in [1.54, 1.807) is 44.6 Å². The van der Waals surface area contributed by atoms with Crippen molar-refractivity contribution in [3.05, 3.63) is 58.4 Å². The summed E-state index contributed by atoms with van der Waals surface area (Å²) < 4.78 is 35.8. The minimum absolute atomic E-state index is 0.126. The van der Waals surface area contributed by atoms with E-state index in [1.165, 1.54) is 11.3 Å². The molecule has 5 nitrogen and oxygen atoms in total. The van der Waals surface area contributed by atoms with Crippen molar-refractivity contribution in [2.75, 3.05) is 14.2 Å². The normalized spacial score (nSPS) is 11.3. The van der Waals surface area contributed by atoms with Crippen LogP contribution in [0, 0.1) is 6.92 Å². The third kappa shape index (κ3) is 3.89. The highest BCUT2D eigenvalue weighted by Gasteiger charge is 2.19. The number of methoxy groups -OCH3 is 2. The summed E-state index contributed by atoms with van der Waals surface area (Å²) in [6, 6.07) is 12.3. The van der Waals surface area contributed by atoms with Crippen LogP contribution >= 0.6 is 11.3 Å². The van der Waals surface area contributed by atoms with Crippen LogP contribution in [0.25, 0.3) is 11.3 Å². The highest BCUT2D eigenvalue weighted by molar-refractivity contribution is 7.90. The number of aromatic nitrogens is 1. The maximum absolute atomic E-state index is 12.6. The molecular formula is C19H19NO4S2. The quantitative estimate of drug-likeness (QED) is 0.635. The zero-order valence-corrected chi connectivity index (χ0v) is 16.4. The first-order valence-corrected chi connectivity index (χ1v) is 10.4. The molecule has 0 saturated heterocycles. The first kappa shape index (κ1) is 18.4. The minimum Gasteiger partial charge on any atom is -0.497 e. The molecule has 0 N–H and O–H groups in total. The summed E-state index contributed by atoms with van der Waals surface area (Å²) in [6.07, 6.45) is 0. The number of aryl methyl sites for hydroxylation is 1. The summed E-state index contributed by atoms with van der Waals surface area (Å²) in [7, 11) is -0.263. The van der Waals surface area contributed by atoms with E-state index >= 15 is 0 Å². The van der Waals surface area contributed by atoms with Crippen LogP contribution < -0.4 is 9.47 Å². The van der Waals surface area contributed by atoms with Crippen LogP contribution in [-0.2, 0) is 15.6 Å². The molecule has 3 rings (SSSR count). The second-order valence-corrected chi connectivity index (χ2v) is 8.70. The predicted octanol–water partition coefficient (Wildman–Crippen LogP) is 4.11. The predicted molar refractivity (Wildman–Crippen MR) is 103 cm³/mol. The fourth-order valence-corrected chi connectivity index (χ4v) is 4.93. The van der Waals surface area contributed by atoms with Gasteiger partial charge in [-0.05, 0) is 31.2 Å². The first-order valence-electron chi connectivity index (χ1n) is 7.89. The van der Waals surface area contributed by atoms with Gasteiger partial charge in [-0.2, -0.15) is 0 Å². The highest BCUT2D eigenvalue weighted by atomic mass is 32.2. The summed E-state index contributed by atoms with van der Waals surface area (Å²) in [5.74, 6) is 1.18. The van der Waals surface area contributed by atoms with Crippen molar-refractivity contribution in [1.29, 1.82) is 0 Å². The van der Waals surface area contributed by atoms with Gasteiger partial charge in [0.15, 0.2) is 9.84 Å². The number of sulfone groups is 1. The van der Waals surface area contributed by atoms with Gasteiger partial charge in [0.2, 0.25) is 0 Å². The Labute approximate surface area is 157 Å². The van der Waals surface area contributed by atoms with Crippen LogP contribution in [0.2, 0.25) is 0 Å².